The highest BCUT2D eigenvalue weighted by atomic mass is 28.4. The Morgan fingerprint density at radius 2 is 0.577 bits per heavy atom. The van der Waals surface area contributed by atoms with E-state index < -0.39 is 8.32 Å². The number of rotatable bonds is 6. The molecule has 0 aliphatic rings. The number of hydrogen-bond acceptors (Lipinski definition) is 1. The van der Waals surface area contributed by atoms with Crippen molar-refractivity contribution in [2.75, 3.05) is 0 Å². The van der Waals surface area contributed by atoms with E-state index in [-0.39, 0.29) is 31.4 Å². The zero-order valence-corrected chi connectivity index (χ0v) is 22.1. The molecule has 0 radical (unpaired) electrons. The van der Waals surface area contributed by atoms with Crippen molar-refractivity contribution >= 4 is 8.32 Å². The van der Waals surface area contributed by atoms with Crippen molar-refractivity contribution in [3.8, 4) is 0 Å². The van der Waals surface area contributed by atoms with Crippen LogP contribution in [-0.2, 0) is 0 Å². The minimum Gasteiger partial charge on any atom is -0.430 e. The van der Waals surface area contributed by atoms with Gasteiger partial charge in [0.1, 0.15) is 0 Å². The molecule has 158 valence electrons. The van der Waals surface area contributed by atoms with Crippen LogP contribution in [0.3, 0.4) is 0 Å². The molecule has 0 saturated carbocycles. The molecule has 0 bridgehead atoms. The van der Waals surface area contributed by atoms with Gasteiger partial charge in [0.25, 0.3) is 0 Å². The second kappa shape index (κ2) is 7.21. The standard InChI is InChI=1S/C24H52OSi/c1-19(2,3)16-22(10,11)26(25,23(12,13)17-20(4,5)6)24(14,15)18-21(7,8)9/h25H,16-18H2,1-15H3. The van der Waals surface area contributed by atoms with E-state index in [1.165, 1.54) is 0 Å². The van der Waals surface area contributed by atoms with Crippen molar-refractivity contribution in [2.24, 2.45) is 16.2 Å². The van der Waals surface area contributed by atoms with Crippen LogP contribution in [0.25, 0.3) is 0 Å². The Morgan fingerprint density at radius 3 is 0.692 bits per heavy atom. The first-order valence-corrected chi connectivity index (χ1v) is 12.5. The predicted molar refractivity (Wildman–Crippen MR) is 122 cm³/mol. The van der Waals surface area contributed by atoms with Gasteiger partial charge in [0.15, 0.2) is 0 Å². The van der Waals surface area contributed by atoms with Crippen molar-refractivity contribution in [1.29, 1.82) is 0 Å². The summed E-state index contributed by atoms with van der Waals surface area (Å²) in [6.07, 6.45) is 3.18. The summed E-state index contributed by atoms with van der Waals surface area (Å²) < 4.78 is 0. The van der Waals surface area contributed by atoms with Gasteiger partial charge >= 0.3 is 0 Å². The summed E-state index contributed by atoms with van der Waals surface area (Å²) in [6.45, 7) is 35.0. The first-order valence-electron chi connectivity index (χ1n) is 10.6. The smallest absolute Gasteiger partial charge is 0.205 e. The molecule has 1 nitrogen and oxygen atoms in total. The lowest BCUT2D eigenvalue weighted by Crippen LogP contribution is -2.63. The molecule has 0 aromatic carbocycles. The second-order valence-corrected chi connectivity index (χ2v) is 20.1. The maximum absolute atomic E-state index is 12.8. The molecular formula is C24H52OSi. The number of hydrogen-bond donors (Lipinski definition) is 1. The van der Waals surface area contributed by atoms with Crippen LogP contribution in [0.15, 0.2) is 0 Å². The van der Waals surface area contributed by atoms with Gasteiger partial charge in [0.2, 0.25) is 8.32 Å². The van der Waals surface area contributed by atoms with E-state index in [9.17, 15) is 4.80 Å². The fourth-order valence-corrected chi connectivity index (χ4v) is 15.0. The van der Waals surface area contributed by atoms with Gasteiger partial charge in [0, 0.05) is 0 Å². The van der Waals surface area contributed by atoms with Crippen molar-refractivity contribution in [1.82, 2.24) is 0 Å². The van der Waals surface area contributed by atoms with E-state index in [0.29, 0.717) is 0 Å². The fourth-order valence-electron chi connectivity index (χ4n) is 7.11. The van der Waals surface area contributed by atoms with Gasteiger partial charge in [-0.1, -0.05) is 104 Å². The van der Waals surface area contributed by atoms with Crippen LogP contribution in [0, 0.1) is 16.2 Å². The Bertz CT molecular complexity index is 395. The van der Waals surface area contributed by atoms with Crippen LogP contribution in [0.2, 0.25) is 15.1 Å². The molecule has 26 heavy (non-hydrogen) atoms. The van der Waals surface area contributed by atoms with Crippen LogP contribution in [-0.4, -0.2) is 13.1 Å². The quantitative estimate of drug-likeness (QED) is 0.454. The molecule has 0 spiro atoms. The Labute approximate surface area is 167 Å². The molecule has 0 aromatic rings. The zero-order chi connectivity index (χ0) is 21.6. The highest BCUT2D eigenvalue weighted by molar-refractivity contribution is 6.81. The molecule has 0 saturated heterocycles. The topological polar surface area (TPSA) is 20.2 Å². The molecule has 0 unspecified atom stereocenters. The average Bonchev–Trinajstić information content (AvgIpc) is 2.16. The Hall–Kier alpha value is 0.177. The van der Waals surface area contributed by atoms with E-state index in [1.807, 2.05) is 0 Å². The molecular weight excluding hydrogens is 332 g/mol. The van der Waals surface area contributed by atoms with Crippen LogP contribution in [0.5, 0.6) is 0 Å². The third kappa shape index (κ3) is 6.36. The van der Waals surface area contributed by atoms with Crippen LogP contribution < -0.4 is 0 Å². The van der Waals surface area contributed by atoms with Gasteiger partial charge in [0.05, 0.1) is 0 Å². The predicted octanol–water partition coefficient (Wildman–Crippen LogP) is 8.57. The SMILES string of the molecule is CC(C)(C)CC(C)(C)[Si](O)(C(C)(C)CC(C)(C)C)C(C)(C)CC(C)(C)C. The monoisotopic (exact) mass is 384 g/mol. The minimum atomic E-state index is -2.76. The summed E-state index contributed by atoms with van der Waals surface area (Å²) in [4.78, 5) is 12.8. The Kier molecular flexibility index (Phi) is 7.26. The fraction of sp³-hybridized carbons (Fsp3) is 1.00. The lowest BCUT2D eigenvalue weighted by molar-refractivity contribution is 0.214. The van der Waals surface area contributed by atoms with Gasteiger partial charge in [-0.25, -0.2) is 0 Å². The molecule has 0 aliphatic heterocycles. The van der Waals surface area contributed by atoms with Gasteiger partial charge in [-0.3, -0.25) is 0 Å². The van der Waals surface area contributed by atoms with Gasteiger partial charge < -0.3 is 4.80 Å². The molecule has 0 amide bonds. The third-order valence-corrected chi connectivity index (χ3v) is 12.3. The summed E-state index contributed by atoms with van der Waals surface area (Å²) in [5.41, 5.74) is 0.625. The van der Waals surface area contributed by atoms with E-state index >= 15 is 0 Å². The highest BCUT2D eigenvalue weighted by Crippen LogP contribution is 2.68. The van der Waals surface area contributed by atoms with E-state index in [2.05, 4.69) is 104 Å². The Morgan fingerprint density at radius 1 is 0.423 bits per heavy atom. The molecule has 0 atom stereocenters. The molecule has 0 aliphatic carbocycles. The lowest BCUT2D eigenvalue weighted by atomic mass is 9.84. The molecule has 1 N–H and O–H groups in total. The lowest BCUT2D eigenvalue weighted by Gasteiger charge is -2.61. The molecule has 2 heteroatoms. The van der Waals surface area contributed by atoms with Crippen molar-refractivity contribution in [2.45, 2.75) is 138 Å². The molecule has 0 rings (SSSR count). The highest BCUT2D eigenvalue weighted by Gasteiger charge is 2.65. The van der Waals surface area contributed by atoms with Crippen molar-refractivity contribution in [3.63, 3.8) is 0 Å². The third-order valence-electron chi connectivity index (χ3n) is 5.86. The van der Waals surface area contributed by atoms with Gasteiger partial charge in [-0.2, -0.15) is 0 Å². The molecule has 0 fully saturated rings. The second-order valence-electron chi connectivity index (χ2n) is 14.6. The van der Waals surface area contributed by atoms with E-state index in [1.54, 1.807) is 0 Å². The first kappa shape index (κ1) is 26.2. The summed E-state index contributed by atoms with van der Waals surface area (Å²) in [6, 6.07) is 0. The average molecular weight is 385 g/mol. The summed E-state index contributed by atoms with van der Waals surface area (Å²) in [7, 11) is -2.76. The zero-order valence-electron chi connectivity index (χ0n) is 21.1. The largest absolute Gasteiger partial charge is 0.430 e. The normalized spacial score (nSPS) is 16.2. The minimum absolute atomic E-state index is 0.0608. The van der Waals surface area contributed by atoms with Crippen LogP contribution >= 0.6 is 0 Å². The summed E-state index contributed by atoms with van der Waals surface area (Å²) in [5, 5.41) is -0.182. The Balaban J connectivity index is 6.53. The van der Waals surface area contributed by atoms with Gasteiger partial charge in [-0.05, 0) is 50.6 Å². The maximum atomic E-state index is 12.8. The summed E-state index contributed by atoms with van der Waals surface area (Å²) in [5.74, 6) is 0. The maximum Gasteiger partial charge on any atom is 0.205 e. The van der Waals surface area contributed by atoms with Crippen LogP contribution in [0.4, 0.5) is 0 Å². The van der Waals surface area contributed by atoms with Crippen molar-refractivity contribution < 1.29 is 4.80 Å². The summed E-state index contributed by atoms with van der Waals surface area (Å²) >= 11 is 0. The van der Waals surface area contributed by atoms with Gasteiger partial charge in [-0.15, -0.1) is 0 Å². The van der Waals surface area contributed by atoms with Crippen LogP contribution in [0.1, 0.15) is 123 Å². The van der Waals surface area contributed by atoms with E-state index in [4.69, 9.17) is 0 Å². The van der Waals surface area contributed by atoms with Crippen molar-refractivity contribution in [3.05, 3.63) is 0 Å². The molecule has 0 heterocycles. The van der Waals surface area contributed by atoms with E-state index in [0.717, 1.165) is 19.3 Å². The molecule has 0 aromatic heterocycles. The first-order chi connectivity index (χ1) is 10.9.